The lowest BCUT2D eigenvalue weighted by molar-refractivity contribution is -0.119. The van der Waals surface area contributed by atoms with Crippen molar-refractivity contribution >= 4 is 44.8 Å². The fourth-order valence-electron chi connectivity index (χ4n) is 2.61. The molecule has 0 unspecified atom stereocenters. The number of hydrogen-bond acceptors (Lipinski definition) is 5. The summed E-state index contributed by atoms with van der Waals surface area (Å²) in [6, 6.07) is 13.7. The standard InChI is InChI=1S/C20H18Cl2N2O5S/c1-28-15-6-4-14(5-7-15)24(13-20(25)23-12-16-3-2-10-29-16)30(26,27)17-8-9-18(21)19(22)11-17/h2-11H,12-13H2,1H3,(H,23,25). The zero-order chi connectivity index (χ0) is 21.7. The summed E-state index contributed by atoms with van der Waals surface area (Å²) < 4.78 is 37.9. The van der Waals surface area contributed by atoms with Crippen LogP contribution in [0.25, 0.3) is 0 Å². The van der Waals surface area contributed by atoms with Gasteiger partial charge in [0.05, 0.1) is 40.5 Å². The number of halogens is 2. The molecular formula is C20H18Cl2N2O5S. The number of amides is 1. The Morgan fingerprint density at radius 2 is 1.83 bits per heavy atom. The number of methoxy groups -OCH3 is 1. The first kappa shape index (κ1) is 22.0. The second-order valence-corrected chi connectivity index (χ2v) is 8.82. The topological polar surface area (TPSA) is 88.8 Å². The molecule has 0 spiro atoms. The van der Waals surface area contributed by atoms with Gasteiger partial charge in [-0.15, -0.1) is 0 Å². The summed E-state index contributed by atoms with van der Waals surface area (Å²) in [5, 5.41) is 2.96. The molecule has 0 saturated heterocycles. The van der Waals surface area contributed by atoms with E-state index in [0.717, 1.165) is 4.31 Å². The SMILES string of the molecule is COc1ccc(N(CC(=O)NCc2ccco2)S(=O)(=O)c2ccc(Cl)c(Cl)c2)cc1. The molecule has 0 bridgehead atoms. The van der Waals surface area contributed by atoms with Gasteiger partial charge in [-0.3, -0.25) is 9.10 Å². The Kier molecular flexibility index (Phi) is 6.91. The van der Waals surface area contributed by atoms with Crippen LogP contribution >= 0.6 is 23.2 Å². The van der Waals surface area contributed by atoms with Gasteiger partial charge in [0.15, 0.2) is 0 Å². The molecule has 158 valence electrons. The molecule has 1 heterocycles. The molecule has 0 aliphatic rings. The van der Waals surface area contributed by atoms with Crippen molar-refractivity contribution in [2.75, 3.05) is 18.0 Å². The van der Waals surface area contributed by atoms with Gasteiger partial charge in [-0.1, -0.05) is 23.2 Å². The maximum Gasteiger partial charge on any atom is 0.264 e. The zero-order valence-electron chi connectivity index (χ0n) is 15.8. The predicted octanol–water partition coefficient (Wildman–Crippen LogP) is 4.11. The molecule has 3 rings (SSSR count). The number of hydrogen-bond donors (Lipinski definition) is 1. The van der Waals surface area contributed by atoms with Gasteiger partial charge < -0.3 is 14.5 Å². The summed E-state index contributed by atoms with van der Waals surface area (Å²) in [4.78, 5) is 12.4. The maximum absolute atomic E-state index is 13.3. The third-order valence-corrected chi connectivity index (χ3v) is 6.68. The Morgan fingerprint density at radius 3 is 2.43 bits per heavy atom. The van der Waals surface area contributed by atoms with Gasteiger partial charge in [0, 0.05) is 0 Å². The van der Waals surface area contributed by atoms with Crippen molar-refractivity contribution in [2.45, 2.75) is 11.4 Å². The third-order valence-electron chi connectivity index (χ3n) is 4.17. The van der Waals surface area contributed by atoms with Crippen LogP contribution in [0.1, 0.15) is 5.76 Å². The van der Waals surface area contributed by atoms with Crippen molar-refractivity contribution in [3.8, 4) is 5.75 Å². The van der Waals surface area contributed by atoms with E-state index in [4.69, 9.17) is 32.4 Å². The van der Waals surface area contributed by atoms with Crippen molar-refractivity contribution in [1.29, 1.82) is 0 Å². The highest BCUT2D eigenvalue weighted by atomic mass is 35.5. The lowest BCUT2D eigenvalue weighted by Gasteiger charge is -2.24. The molecule has 10 heteroatoms. The lowest BCUT2D eigenvalue weighted by Crippen LogP contribution is -2.40. The monoisotopic (exact) mass is 468 g/mol. The number of benzene rings is 2. The third kappa shape index (κ3) is 5.08. The first-order valence-corrected chi connectivity index (χ1v) is 10.9. The van der Waals surface area contributed by atoms with Crippen LogP contribution in [0.5, 0.6) is 5.75 Å². The average Bonchev–Trinajstić information content (AvgIpc) is 3.26. The molecule has 0 fully saturated rings. The highest BCUT2D eigenvalue weighted by molar-refractivity contribution is 7.92. The minimum Gasteiger partial charge on any atom is -0.497 e. The molecule has 2 aromatic carbocycles. The fourth-order valence-corrected chi connectivity index (χ4v) is 4.42. The summed E-state index contributed by atoms with van der Waals surface area (Å²) in [7, 11) is -2.61. The van der Waals surface area contributed by atoms with E-state index < -0.39 is 22.5 Å². The van der Waals surface area contributed by atoms with Crippen LogP contribution in [0.3, 0.4) is 0 Å². The van der Waals surface area contributed by atoms with Gasteiger partial charge in [-0.25, -0.2) is 8.42 Å². The van der Waals surface area contributed by atoms with E-state index >= 15 is 0 Å². The largest absolute Gasteiger partial charge is 0.497 e. The Morgan fingerprint density at radius 1 is 1.10 bits per heavy atom. The molecule has 0 aliphatic carbocycles. The number of rotatable bonds is 8. The van der Waals surface area contributed by atoms with E-state index in [1.54, 1.807) is 36.4 Å². The zero-order valence-corrected chi connectivity index (χ0v) is 18.2. The molecular weight excluding hydrogens is 451 g/mol. The number of carbonyl (C=O) groups is 1. The van der Waals surface area contributed by atoms with Crippen molar-refractivity contribution in [3.63, 3.8) is 0 Å². The minimum absolute atomic E-state index is 0.0912. The van der Waals surface area contributed by atoms with Gasteiger partial charge in [0.1, 0.15) is 18.1 Å². The summed E-state index contributed by atoms with van der Waals surface area (Å²) in [5.41, 5.74) is 0.287. The summed E-state index contributed by atoms with van der Waals surface area (Å²) in [6.07, 6.45) is 1.49. The Hall–Kier alpha value is -2.68. The second-order valence-electron chi connectivity index (χ2n) is 6.14. The molecule has 1 N–H and O–H groups in total. The van der Waals surface area contributed by atoms with Gasteiger partial charge in [0.25, 0.3) is 10.0 Å². The molecule has 0 saturated carbocycles. The number of ether oxygens (including phenoxy) is 1. The smallest absolute Gasteiger partial charge is 0.264 e. The Balaban J connectivity index is 1.91. The van der Waals surface area contributed by atoms with E-state index in [0.29, 0.717) is 11.5 Å². The van der Waals surface area contributed by atoms with Gasteiger partial charge in [0.2, 0.25) is 5.91 Å². The number of sulfonamides is 1. The molecule has 1 aromatic heterocycles. The van der Waals surface area contributed by atoms with Crippen LogP contribution in [0.2, 0.25) is 10.0 Å². The second kappa shape index (κ2) is 9.42. The molecule has 7 nitrogen and oxygen atoms in total. The first-order valence-electron chi connectivity index (χ1n) is 8.72. The Bertz CT molecular complexity index is 1120. The van der Waals surface area contributed by atoms with Crippen LogP contribution in [0, 0.1) is 0 Å². The molecule has 0 radical (unpaired) electrons. The van der Waals surface area contributed by atoms with E-state index in [9.17, 15) is 13.2 Å². The minimum atomic E-state index is -4.11. The molecule has 0 atom stereocenters. The number of nitrogens with one attached hydrogen (secondary N) is 1. The van der Waals surface area contributed by atoms with Crippen molar-refractivity contribution in [2.24, 2.45) is 0 Å². The van der Waals surface area contributed by atoms with E-state index in [2.05, 4.69) is 5.32 Å². The fraction of sp³-hybridized carbons (Fsp3) is 0.150. The summed E-state index contributed by atoms with van der Waals surface area (Å²) >= 11 is 11.9. The molecule has 0 aliphatic heterocycles. The van der Waals surface area contributed by atoms with Gasteiger partial charge in [-0.2, -0.15) is 0 Å². The van der Waals surface area contributed by atoms with Crippen molar-refractivity contribution < 1.29 is 22.4 Å². The van der Waals surface area contributed by atoms with Crippen LogP contribution in [0.4, 0.5) is 5.69 Å². The number of carbonyl (C=O) groups excluding carboxylic acids is 1. The maximum atomic E-state index is 13.3. The first-order chi connectivity index (χ1) is 14.3. The van der Waals surface area contributed by atoms with Crippen LogP contribution in [-0.2, 0) is 21.4 Å². The predicted molar refractivity (Wildman–Crippen MR) is 115 cm³/mol. The van der Waals surface area contributed by atoms with E-state index in [-0.39, 0.29) is 27.2 Å². The number of anilines is 1. The summed E-state index contributed by atoms with van der Waals surface area (Å²) in [5.74, 6) is 0.588. The normalized spacial score (nSPS) is 11.2. The van der Waals surface area contributed by atoms with Gasteiger partial charge in [-0.05, 0) is 54.6 Å². The van der Waals surface area contributed by atoms with Gasteiger partial charge >= 0.3 is 0 Å². The Labute approximate surface area is 184 Å². The number of furan rings is 1. The van der Waals surface area contributed by atoms with Crippen molar-refractivity contribution in [3.05, 3.63) is 76.7 Å². The number of nitrogens with zero attached hydrogens (tertiary/aromatic N) is 1. The van der Waals surface area contributed by atoms with Crippen LogP contribution in [0.15, 0.2) is 70.2 Å². The average molecular weight is 469 g/mol. The quantitative estimate of drug-likeness (QED) is 0.537. The molecule has 3 aromatic rings. The lowest BCUT2D eigenvalue weighted by atomic mass is 10.3. The van der Waals surface area contributed by atoms with Crippen LogP contribution in [-0.4, -0.2) is 28.0 Å². The van der Waals surface area contributed by atoms with E-state index in [1.165, 1.54) is 31.6 Å². The van der Waals surface area contributed by atoms with Crippen LogP contribution < -0.4 is 14.4 Å². The van der Waals surface area contributed by atoms with E-state index in [1.807, 2.05) is 0 Å². The van der Waals surface area contributed by atoms with Crippen molar-refractivity contribution in [1.82, 2.24) is 5.32 Å². The highest BCUT2D eigenvalue weighted by Crippen LogP contribution is 2.29. The molecule has 1 amide bonds. The summed E-state index contributed by atoms with van der Waals surface area (Å²) in [6.45, 7) is -0.315. The highest BCUT2D eigenvalue weighted by Gasteiger charge is 2.28. The molecule has 30 heavy (non-hydrogen) atoms.